The molecular weight excluding hydrogens is 324 g/mol. The maximum atomic E-state index is 13.1. The quantitative estimate of drug-likeness (QED) is 0.794. The molecule has 2 aromatic heterocycles. The number of hydrogen-bond acceptors (Lipinski definition) is 4. The predicted octanol–water partition coefficient (Wildman–Crippen LogP) is 2.38. The Hall–Kier alpha value is -2.44. The molecule has 1 N–H and O–H groups in total. The highest BCUT2D eigenvalue weighted by Crippen LogP contribution is 2.38. The van der Waals surface area contributed by atoms with Crippen molar-refractivity contribution in [3.05, 3.63) is 71.7 Å². The van der Waals surface area contributed by atoms with Crippen molar-refractivity contribution in [2.75, 3.05) is 0 Å². The minimum Gasteiger partial charge on any atom is -0.392 e. The minimum absolute atomic E-state index is 0.135. The summed E-state index contributed by atoms with van der Waals surface area (Å²) in [6.07, 6.45) is 5.98. The van der Waals surface area contributed by atoms with Gasteiger partial charge in [-0.15, -0.1) is 0 Å². The van der Waals surface area contributed by atoms with E-state index in [1.807, 2.05) is 24.3 Å². The summed E-state index contributed by atoms with van der Waals surface area (Å²) >= 11 is 0. The standard InChI is InChI=1S/C18H16N2O3S/c21-12-14-11-20(24(22,23)15-5-3-9-19-10-15)18-16-6-2-1-4-13(16)7-8-17(14)18/h1-6,9-11,21H,7-8,12H2. The number of aliphatic hydroxyl groups excluding tert-OH is 1. The monoisotopic (exact) mass is 340 g/mol. The van der Waals surface area contributed by atoms with Gasteiger partial charge in [0.15, 0.2) is 0 Å². The van der Waals surface area contributed by atoms with Crippen LogP contribution in [0, 0.1) is 0 Å². The normalized spacial score (nSPS) is 13.4. The summed E-state index contributed by atoms with van der Waals surface area (Å²) in [6, 6.07) is 10.9. The fraction of sp³-hybridized carbons (Fsp3) is 0.167. The molecule has 6 heteroatoms. The van der Waals surface area contributed by atoms with Crippen molar-refractivity contribution in [3.63, 3.8) is 0 Å². The van der Waals surface area contributed by atoms with Gasteiger partial charge in [0.05, 0.1) is 12.3 Å². The van der Waals surface area contributed by atoms with Gasteiger partial charge in [-0.3, -0.25) is 4.98 Å². The van der Waals surface area contributed by atoms with Crippen molar-refractivity contribution < 1.29 is 13.5 Å². The third-order valence-electron chi connectivity index (χ3n) is 4.45. The summed E-state index contributed by atoms with van der Waals surface area (Å²) < 4.78 is 27.5. The third-order valence-corrected chi connectivity index (χ3v) is 6.09. The van der Waals surface area contributed by atoms with Gasteiger partial charge in [0.25, 0.3) is 10.0 Å². The Kier molecular flexibility index (Phi) is 3.51. The fourth-order valence-corrected chi connectivity index (χ4v) is 4.68. The Balaban J connectivity index is 2.01. The van der Waals surface area contributed by atoms with Crippen LogP contribution in [0.4, 0.5) is 0 Å². The van der Waals surface area contributed by atoms with Gasteiger partial charge in [0.2, 0.25) is 0 Å². The van der Waals surface area contributed by atoms with Crippen LogP contribution in [0.5, 0.6) is 0 Å². The van der Waals surface area contributed by atoms with Gasteiger partial charge in [-0.1, -0.05) is 24.3 Å². The molecule has 2 heterocycles. The first-order valence-corrected chi connectivity index (χ1v) is 9.15. The molecule has 0 radical (unpaired) electrons. The molecule has 0 aliphatic heterocycles. The molecule has 5 nitrogen and oxygen atoms in total. The van der Waals surface area contributed by atoms with Gasteiger partial charge in [-0.25, -0.2) is 12.4 Å². The first-order valence-electron chi connectivity index (χ1n) is 7.71. The Bertz CT molecular complexity index is 1010. The first-order chi connectivity index (χ1) is 11.6. The van der Waals surface area contributed by atoms with Crippen LogP contribution in [0.3, 0.4) is 0 Å². The minimum atomic E-state index is -3.77. The molecule has 4 rings (SSSR count). The summed E-state index contributed by atoms with van der Waals surface area (Å²) in [5.41, 5.74) is 4.25. The SMILES string of the molecule is O=S(=O)(c1cccnc1)n1cc(CO)c2c1-c1ccccc1CC2. The number of aliphatic hydroxyl groups is 1. The zero-order valence-electron chi connectivity index (χ0n) is 12.9. The van der Waals surface area contributed by atoms with Gasteiger partial charge >= 0.3 is 0 Å². The first kappa shape index (κ1) is 15.1. The summed E-state index contributed by atoms with van der Waals surface area (Å²) in [7, 11) is -3.77. The molecule has 1 aliphatic rings. The average molecular weight is 340 g/mol. The number of nitrogens with zero attached hydrogens (tertiary/aromatic N) is 2. The zero-order chi connectivity index (χ0) is 16.7. The van der Waals surface area contributed by atoms with E-state index < -0.39 is 10.0 Å². The van der Waals surface area contributed by atoms with Crippen molar-refractivity contribution in [2.45, 2.75) is 24.3 Å². The van der Waals surface area contributed by atoms with Crippen molar-refractivity contribution in [1.82, 2.24) is 8.96 Å². The van der Waals surface area contributed by atoms with Crippen LogP contribution in [0.1, 0.15) is 16.7 Å². The lowest BCUT2D eigenvalue weighted by Crippen LogP contribution is -2.16. The largest absolute Gasteiger partial charge is 0.392 e. The number of aromatic nitrogens is 2. The van der Waals surface area contributed by atoms with E-state index in [2.05, 4.69) is 4.98 Å². The number of benzene rings is 1. The molecule has 0 amide bonds. The van der Waals surface area contributed by atoms with Crippen LogP contribution in [0.15, 0.2) is 59.9 Å². The van der Waals surface area contributed by atoms with Gasteiger partial charge < -0.3 is 5.11 Å². The maximum Gasteiger partial charge on any atom is 0.269 e. The fourth-order valence-electron chi connectivity index (χ4n) is 3.30. The van der Waals surface area contributed by atoms with Crippen LogP contribution < -0.4 is 0 Å². The zero-order valence-corrected chi connectivity index (χ0v) is 13.7. The number of hydrogen-bond donors (Lipinski definition) is 1. The second-order valence-corrected chi connectivity index (χ2v) is 7.60. The highest BCUT2D eigenvalue weighted by Gasteiger charge is 2.29. The lowest BCUT2D eigenvalue weighted by Gasteiger charge is -2.20. The molecule has 0 spiro atoms. The second kappa shape index (κ2) is 5.58. The molecule has 0 fully saturated rings. The van der Waals surface area contributed by atoms with Crippen LogP contribution in [0.25, 0.3) is 11.3 Å². The van der Waals surface area contributed by atoms with Gasteiger partial charge in [0.1, 0.15) is 4.90 Å². The van der Waals surface area contributed by atoms with Crippen LogP contribution in [-0.4, -0.2) is 22.5 Å². The lowest BCUT2D eigenvalue weighted by molar-refractivity contribution is 0.281. The summed E-state index contributed by atoms with van der Waals surface area (Å²) in [5.74, 6) is 0. The van der Waals surface area contributed by atoms with Gasteiger partial charge in [-0.05, 0) is 36.1 Å². The van der Waals surface area contributed by atoms with E-state index in [1.54, 1.807) is 12.3 Å². The molecule has 1 aromatic carbocycles. The van der Waals surface area contributed by atoms with Crippen molar-refractivity contribution >= 4 is 10.0 Å². The maximum absolute atomic E-state index is 13.1. The van der Waals surface area contributed by atoms with Crippen LogP contribution in [-0.2, 0) is 29.5 Å². The van der Waals surface area contributed by atoms with Crippen molar-refractivity contribution in [2.24, 2.45) is 0 Å². The Labute approximate surface area is 140 Å². The number of rotatable bonds is 3. The predicted molar refractivity (Wildman–Crippen MR) is 90.0 cm³/mol. The summed E-state index contributed by atoms with van der Waals surface area (Å²) in [5, 5.41) is 9.67. The van der Waals surface area contributed by atoms with E-state index in [4.69, 9.17) is 0 Å². The second-order valence-electron chi connectivity index (χ2n) is 5.79. The summed E-state index contributed by atoms with van der Waals surface area (Å²) in [6.45, 7) is -0.180. The smallest absolute Gasteiger partial charge is 0.269 e. The van der Waals surface area contributed by atoms with Crippen LogP contribution in [0.2, 0.25) is 0 Å². The molecular formula is C18H16N2O3S. The lowest BCUT2D eigenvalue weighted by atomic mass is 9.89. The molecule has 0 bridgehead atoms. The molecule has 122 valence electrons. The molecule has 0 unspecified atom stereocenters. The highest BCUT2D eigenvalue weighted by molar-refractivity contribution is 7.90. The van der Waals surface area contributed by atoms with Gasteiger partial charge in [-0.2, -0.15) is 0 Å². The summed E-state index contributed by atoms with van der Waals surface area (Å²) in [4.78, 5) is 4.05. The molecule has 0 atom stereocenters. The molecule has 0 saturated heterocycles. The molecule has 24 heavy (non-hydrogen) atoms. The van der Waals surface area contributed by atoms with E-state index in [1.165, 1.54) is 22.4 Å². The Morgan fingerprint density at radius 2 is 1.96 bits per heavy atom. The molecule has 3 aromatic rings. The molecule has 1 aliphatic carbocycles. The average Bonchev–Trinajstić information content (AvgIpc) is 3.02. The van der Waals surface area contributed by atoms with E-state index in [9.17, 15) is 13.5 Å². The van der Waals surface area contributed by atoms with E-state index in [0.29, 0.717) is 11.3 Å². The topological polar surface area (TPSA) is 72.2 Å². The number of aryl methyl sites for hydroxylation is 1. The van der Waals surface area contributed by atoms with Crippen LogP contribution >= 0.6 is 0 Å². The molecule has 0 saturated carbocycles. The van der Waals surface area contributed by atoms with E-state index >= 15 is 0 Å². The van der Waals surface area contributed by atoms with E-state index in [-0.39, 0.29) is 11.5 Å². The number of pyridine rings is 1. The highest BCUT2D eigenvalue weighted by atomic mass is 32.2. The van der Waals surface area contributed by atoms with Gasteiger partial charge in [0, 0.05) is 29.7 Å². The Morgan fingerprint density at radius 3 is 2.71 bits per heavy atom. The number of fused-ring (bicyclic) bond motifs is 3. The van der Waals surface area contributed by atoms with E-state index in [0.717, 1.165) is 29.5 Å². The van der Waals surface area contributed by atoms with Crippen molar-refractivity contribution in [1.29, 1.82) is 0 Å². The Morgan fingerprint density at radius 1 is 1.12 bits per heavy atom. The third kappa shape index (κ3) is 2.18. The van der Waals surface area contributed by atoms with Crippen molar-refractivity contribution in [3.8, 4) is 11.3 Å².